The Morgan fingerprint density at radius 2 is 1.50 bits per heavy atom. The molecule has 1 heterocycles. The van der Waals surface area contributed by atoms with Crippen molar-refractivity contribution in [2.75, 3.05) is 7.05 Å². The van der Waals surface area contributed by atoms with Crippen molar-refractivity contribution in [2.24, 2.45) is 0 Å². The highest BCUT2D eigenvalue weighted by Gasteiger charge is 2.37. The topological polar surface area (TPSA) is 74.7 Å². The van der Waals surface area contributed by atoms with Gasteiger partial charge in [-0.15, -0.1) is 0 Å². The number of amides is 1. The molecule has 0 spiro atoms. The van der Waals surface area contributed by atoms with Crippen LogP contribution in [0.25, 0.3) is 0 Å². The molecule has 1 amide bonds. The van der Waals surface area contributed by atoms with E-state index in [4.69, 9.17) is 0 Å². The fourth-order valence-electron chi connectivity index (χ4n) is 3.09. The third-order valence-electron chi connectivity index (χ3n) is 4.70. The average molecular weight is 380 g/mol. The molecule has 0 radical (unpaired) electrons. The Morgan fingerprint density at radius 3 is 1.92 bits per heavy atom. The van der Waals surface area contributed by atoms with E-state index in [-0.39, 0.29) is 23.0 Å². The molecule has 26 heavy (non-hydrogen) atoms. The van der Waals surface area contributed by atoms with Crippen LogP contribution in [-0.4, -0.2) is 36.6 Å². The molecule has 0 saturated carbocycles. The molecule has 1 aliphatic heterocycles. The molecule has 1 aromatic carbocycles. The number of hydrogen-bond acceptors (Lipinski definition) is 4. The van der Waals surface area contributed by atoms with Crippen molar-refractivity contribution in [2.45, 2.75) is 64.0 Å². The zero-order chi connectivity index (χ0) is 20.1. The Morgan fingerprint density at radius 1 is 1.04 bits per heavy atom. The molecule has 144 valence electrons. The first-order valence-electron chi connectivity index (χ1n) is 8.70. The van der Waals surface area contributed by atoms with Crippen LogP contribution in [0, 0.1) is 0 Å². The van der Waals surface area contributed by atoms with Gasteiger partial charge in [-0.1, -0.05) is 53.7 Å². The zero-order valence-electron chi connectivity index (χ0n) is 16.6. The number of phenolic OH excluding ortho intramolecular Hbond substituents is 1. The lowest BCUT2D eigenvalue weighted by Gasteiger charge is -2.29. The highest BCUT2D eigenvalue weighted by atomic mass is 32.2. The smallest absolute Gasteiger partial charge is 0.245 e. The van der Waals surface area contributed by atoms with Crippen molar-refractivity contribution in [3.63, 3.8) is 0 Å². The molecular weight excluding hydrogens is 350 g/mol. The van der Waals surface area contributed by atoms with Gasteiger partial charge in [0, 0.05) is 18.7 Å². The molecule has 1 atom stereocenters. The quantitative estimate of drug-likeness (QED) is 0.856. The van der Waals surface area contributed by atoms with Crippen molar-refractivity contribution < 1.29 is 18.3 Å². The number of sulfone groups is 1. The lowest BCUT2D eigenvalue weighted by molar-refractivity contribution is -0.127. The SMILES string of the molecule is CN1C=CS(=O)(=O)C(Cc2cc(C(C)(C)C)c(O)c(C(C)(C)C)c2)C1=O. The highest BCUT2D eigenvalue weighted by molar-refractivity contribution is 7.95. The third kappa shape index (κ3) is 3.95. The van der Waals surface area contributed by atoms with Gasteiger partial charge in [-0.25, -0.2) is 8.42 Å². The third-order valence-corrected chi connectivity index (χ3v) is 6.36. The van der Waals surface area contributed by atoms with E-state index < -0.39 is 21.0 Å². The summed E-state index contributed by atoms with van der Waals surface area (Å²) < 4.78 is 24.8. The second-order valence-electron chi connectivity index (χ2n) is 9.06. The first-order chi connectivity index (χ1) is 11.6. The number of hydrogen-bond donors (Lipinski definition) is 1. The van der Waals surface area contributed by atoms with Gasteiger partial charge in [-0.05, 0) is 33.9 Å². The number of benzene rings is 1. The van der Waals surface area contributed by atoms with Gasteiger partial charge in [0.2, 0.25) is 5.91 Å². The van der Waals surface area contributed by atoms with Gasteiger partial charge in [-0.2, -0.15) is 0 Å². The van der Waals surface area contributed by atoms with Crippen LogP contribution in [0.4, 0.5) is 0 Å². The van der Waals surface area contributed by atoms with E-state index in [1.807, 2.05) is 53.7 Å². The van der Waals surface area contributed by atoms with Gasteiger partial charge in [0.25, 0.3) is 0 Å². The van der Waals surface area contributed by atoms with Crippen LogP contribution in [0.1, 0.15) is 58.2 Å². The fourth-order valence-corrected chi connectivity index (χ4v) is 4.50. The van der Waals surface area contributed by atoms with Gasteiger partial charge in [-0.3, -0.25) is 4.79 Å². The molecule has 6 heteroatoms. The number of carbonyl (C=O) groups is 1. The molecule has 5 nitrogen and oxygen atoms in total. The summed E-state index contributed by atoms with van der Waals surface area (Å²) in [5, 5.41) is 10.7. The van der Waals surface area contributed by atoms with Gasteiger partial charge >= 0.3 is 0 Å². The van der Waals surface area contributed by atoms with Gasteiger partial charge in [0.1, 0.15) is 11.0 Å². The van der Waals surface area contributed by atoms with Crippen LogP contribution in [0.5, 0.6) is 5.75 Å². The lowest BCUT2D eigenvalue weighted by atomic mass is 9.78. The number of phenols is 1. The molecule has 2 rings (SSSR count). The summed E-state index contributed by atoms with van der Waals surface area (Å²) in [6, 6.07) is 3.65. The summed E-state index contributed by atoms with van der Waals surface area (Å²) in [5.41, 5.74) is 1.62. The van der Waals surface area contributed by atoms with Crippen LogP contribution >= 0.6 is 0 Å². The van der Waals surface area contributed by atoms with Crippen LogP contribution < -0.4 is 0 Å². The molecule has 0 bridgehead atoms. The predicted octanol–water partition coefficient (Wildman–Crippen LogP) is 3.26. The largest absolute Gasteiger partial charge is 0.507 e. The molecular formula is C20H29NO4S. The number of carbonyl (C=O) groups excluding carboxylic acids is 1. The molecule has 1 N–H and O–H groups in total. The summed E-state index contributed by atoms with van der Waals surface area (Å²) in [4.78, 5) is 13.7. The summed E-state index contributed by atoms with van der Waals surface area (Å²) in [6.45, 7) is 12.0. The molecule has 0 fully saturated rings. The van der Waals surface area contributed by atoms with Crippen LogP contribution in [0.15, 0.2) is 23.7 Å². The second kappa shape index (κ2) is 6.41. The van der Waals surface area contributed by atoms with E-state index >= 15 is 0 Å². The van der Waals surface area contributed by atoms with E-state index in [0.717, 1.165) is 22.1 Å². The first-order valence-corrected chi connectivity index (χ1v) is 10.3. The molecule has 1 aromatic rings. The van der Waals surface area contributed by atoms with E-state index in [1.165, 1.54) is 11.1 Å². The predicted molar refractivity (Wildman–Crippen MR) is 104 cm³/mol. The molecule has 1 unspecified atom stereocenters. The fraction of sp³-hybridized carbons (Fsp3) is 0.550. The minimum Gasteiger partial charge on any atom is -0.507 e. The van der Waals surface area contributed by atoms with E-state index in [9.17, 15) is 18.3 Å². The van der Waals surface area contributed by atoms with Crippen molar-refractivity contribution in [3.05, 3.63) is 40.4 Å². The molecule has 1 aliphatic rings. The number of aromatic hydroxyl groups is 1. The van der Waals surface area contributed by atoms with E-state index in [1.54, 1.807) is 7.05 Å². The maximum Gasteiger partial charge on any atom is 0.245 e. The van der Waals surface area contributed by atoms with Crippen molar-refractivity contribution in [1.82, 2.24) is 4.90 Å². The summed E-state index contributed by atoms with van der Waals surface area (Å²) in [7, 11) is -2.09. The van der Waals surface area contributed by atoms with E-state index in [0.29, 0.717) is 0 Å². The second-order valence-corrected chi connectivity index (χ2v) is 11.1. The standard InChI is InChI=1S/C20H29NO4S/c1-19(2,3)14-10-13(11-15(17(14)22)20(4,5)6)12-16-18(23)21(7)8-9-26(16,24)25/h8-11,16,22H,12H2,1-7H3. The normalized spacial score (nSPS) is 20.5. The summed E-state index contributed by atoms with van der Waals surface area (Å²) in [5.74, 6) is -0.196. The van der Waals surface area contributed by atoms with Gasteiger partial charge in [0.05, 0.1) is 0 Å². The van der Waals surface area contributed by atoms with E-state index in [2.05, 4.69) is 0 Å². The van der Waals surface area contributed by atoms with Crippen LogP contribution in [-0.2, 0) is 31.9 Å². The van der Waals surface area contributed by atoms with Crippen LogP contribution in [0.2, 0.25) is 0 Å². The molecule has 0 aromatic heterocycles. The first kappa shape index (κ1) is 20.5. The highest BCUT2D eigenvalue weighted by Crippen LogP contribution is 2.40. The summed E-state index contributed by atoms with van der Waals surface area (Å²) >= 11 is 0. The lowest BCUT2D eigenvalue weighted by Crippen LogP contribution is -2.42. The molecule has 0 aliphatic carbocycles. The zero-order valence-corrected chi connectivity index (χ0v) is 17.4. The number of nitrogens with zero attached hydrogens (tertiary/aromatic N) is 1. The Labute approximate surface area is 156 Å². The minimum atomic E-state index is -3.64. The van der Waals surface area contributed by atoms with Crippen molar-refractivity contribution in [3.8, 4) is 5.75 Å². The number of rotatable bonds is 2. The Kier molecular flexibility index (Phi) is 5.05. The van der Waals surface area contributed by atoms with Crippen molar-refractivity contribution in [1.29, 1.82) is 0 Å². The Bertz CT molecular complexity index is 820. The maximum atomic E-state index is 12.4. The average Bonchev–Trinajstić information content (AvgIpc) is 2.47. The maximum absolute atomic E-state index is 12.4. The summed E-state index contributed by atoms with van der Waals surface area (Å²) in [6.07, 6.45) is 1.37. The minimum absolute atomic E-state index is 0.0856. The molecule has 0 saturated heterocycles. The van der Waals surface area contributed by atoms with Gasteiger partial charge in [0.15, 0.2) is 9.84 Å². The van der Waals surface area contributed by atoms with Gasteiger partial charge < -0.3 is 10.0 Å². The van der Waals surface area contributed by atoms with Crippen LogP contribution in [0.3, 0.4) is 0 Å². The Balaban J connectivity index is 2.60. The Hall–Kier alpha value is -1.82. The monoisotopic (exact) mass is 379 g/mol. The van der Waals surface area contributed by atoms with Crippen molar-refractivity contribution >= 4 is 15.7 Å².